The molecule has 0 aliphatic rings. The van der Waals surface area contributed by atoms with Crippen LogP contribution in [0.1, 0.15) is 25.3 Å². The molecular weight excluding hydrogens is 452 g/mol. The topological polar surface area (TPSA) is 228 Å². The molecule has 0 aliphatic carbocycles. The third-order valence-electron chi connectivity index (χ3n) is 4.77. The summed E-state index contributed by atoms with van der Waals surface area (Å²) in [5, 5.41) is 43.8. The van der Waals surface area contributed by atoms with Gasteiger partial charge in [0.1, 0.15) is 18.1 Å². The van der Waals surface area contributed by atoms with Gasteiger partial charge in [0, 0.05) is 6.42 Å². The minimum Gasteiger partial charge on any atom is -0.481 e. The third-order valence-corrected chi connectivity index (χ3v) is 4.77. The number of benzene rings is 1. The van der Waals surface area contributed by atoms with E-state index in [2.05, 4.69) is 16.0 Å². The first kappa shape index (κ1) is 28.5. The average molecular weight is 482 g/mol. The van der Waals surface area contributed by atoms with Gasteiger partial charge in [-0.15, -0.1) is 0 Å². The highest BCUT2D eigenvalue weighted by atomic mass is 16.4. The molecule has 1 aromatic carbocycles. The van der Waals surface area contributed by atoms with Crippen LogP contribution >= 0.6 is 0 Å². The summed E-state index contributed by atoms with van der Waals surface area (Å²) in [6.07, 6.45) is -2.29. The molecule has 0 aromatic heterocycles. The maximum atomic E-state index is 12.5. The molecule has 5 unspecified atom stereocenters. The molecule has 0 saturated carbocycles. The molecule has 9 N–H and O–H groups in total. The Hall–Kier alpha value is -3.55. The quantitative estimate of drug-likeness (QED) is 0.137. The molecule has 0 spiro atoms. The van der Waals surface area contributed by atoms with E-state index in [0.29, 0.717) is 0 Å². The van der Waals surface area contributed by atoms with E-state index in [0.717, 1.165) is 12.5 Å². The van der Waals surface area contributed by atoms with Gasteiger partial charge < -0.3 is 42.1 Å². The summed E-state index contributed by atoms with van der Waals surface area (Å²) < 4.78 is 0. The molecule has 188 valence electrons. The molecule has 0 aliphatic heterocycles. The van der Waals surface area contributed by atoms with E-state index in [-0.39, 0.29) is 6.42 Å². The Morgan fingerprint density at radius 3 is 2.00 bits per heavy atom. The molecule has 5 atom stereocenters. The summed E-state index contributed by atoms with van der Waals surface area (Å²) in [7, 11) is 0. The molecule has 34 heavy (non-hydrogen) atoms. The van der Waals surface area contributed by atoms with Gasteiger partial charge in [0.2, 0.25) is 17.7 Å². The first-order valence-corrected chi connectivity index (χ1v) is 10.4. The fraction of sp³-hybridized carbons (Fsp3) is 0.476. The van der Waals surface area contributed by atoms with E-state index >= 15 is 0 Å². The van der Waals surface area contributed by atoms with E-state index in [1.165, 1.54) is 0 Å². The zero-order valence-corrected chi connectivity index (χ0v) is 18.5. The predicted molar refractivity (Wildman–Crippen MR) is 117 cm³/mol. The Labute approximate surface area is 195 Å². The van der Waals surface area contributed by atoms with Crippen molar-refractivity contribution >= 4 is 29.7 Å². The Morgan fingerprint density at radius 2 is 1.50 bits per heavy atom. The number of nitrogens with two attached hydrogens (primary N) is 1. The molecule has 1 aromatic rings. The van der Waals surface area contributed by atoms with Gasteiger partial charge in [-0.25, -0.2) is 4.79 Å². The van der Waals surface area contributed by atoms with Gasteiger partial charge in [-0.05, 0) is 25.3 Å². The lowest BCUT2D eigenvalue weighted by Crippen LogP contribution is -2.60. The zero-order chi connectivity index (χ0) is 25.8. The van der Waals surface area contributed by atoms with E-state index in [1.54, 1.807) is 30.3 Å². The second kappa shape index (κ2) is 13.9. The van der Waals surface area contributed by atoms with E-state index < -0.39 is 79.4 Å². The first-order chi connectivity index (χ1) is 16.0. The number of carbonyl (C=O) groups is 5. The molecule has 0 heterocycles. The van der Waals surface area contributed by atoms with Crippen LogP contribution in [0.2, 0.25) is 0 Å². The van der Waals surface area contributed by atoms with Gasteiger partial charge in [0.05, 0.1) is 18.8 Å². The maximum Gasteiger partial charge on any atom is 0.326 e. The third kappa shape index (κ3) is 9.52. The number of carbonyl (C=O) groups excluding carboxylic acids is 3. The van der Waals surface area contributed by atoms with Crippen LogP contribution in [0.25, 0.3) is 0 Å². The first-order valence-electron chi connectivity index (χ1n) is 10.4. The van der Waals surface area contributed by atoms with Crippen LogP contribution in [-0.4, -0.2) is 87.0 Å². The molecule has 0 radical (unpaired) electrons. The Bertz CT molecular complexity index is 863. The number of hydrogen-bond acceptors (Lipinski definition) is 8. The normalized spacial score (nSPS) is 15.2. The highest BCUT2D eigenvalue weighted by Gasteiger charge is 2.32. The summed E-state index contributed by atoms with van der Waals surface area (Å²) in [4.78, 5) is 59.3. The standard InChI is InChI=1S/C21H30N4O9/c1-11(27)17(20(32)23-14(21(33)34)7-8-16(28)29)25-19(31)15(10-26)24-18(30)13(22)9-12-5-3-2-4-6-12/h2-6,11,13-15,17,26-27H,7-10,22H2,1H3,(H,23,32)(H,24,30)(H,25,31)(H,28,29)(H,33,34). The number of carboxylic acid groups (broad SMARTS) is 2. The fourth-order valence-corrected chi connectivity index (χ4v) is 2.88. The summed E-state index contributed by atoms with van der Waals surface area (Å²) in [5.41, 5.74) is 6.63. The largest absolute Gasteiger partial charge is 0.481 e. The van der Waals surface area contributed by atoms with Crippen LogP contribution < -0.4 is 21.7 Å². The van der Waals surface area contributed by atoms with Gasteiger partial charge >= 0.3 is 11.9 Å². The Morgan fingerprint density at radius 1 is 0.912 bits per heavy atom. The van der Waals surface area contributed by atoms with E-state index in [1.807, 2.05) is 0 Å². The number of hydrogen-bond donors (Lipinski definition) is 8. The monoisotopic (exact) mass is 482 g/mol. The number of aliphatic hydroxyl groups excluding tert-OH is 2. The van der Waals surface area contributed by atoms with Crippen LogP contribution in [0.15, 0.2) is 30.3 Å². The number of aliphatic hydroxyl groups is 2. The van der Waals surface area contributed by atoms with Crippen LogP contribution in [0.3, 0.4) is 0 Å². The number of amides is 3. The van der Waals surface area contributed by atoms with Gasteiger partial charge in [-0.1, -0.05) is 30.3 Å². The summed E-state index contributed by atoms with van der Waals surface area (Å²) in [5.74, 6) is -5.63. The average Bonchev–Trinajstić information content (AvgIpc) is 2.77. The minimum atomic E-state index is -1.65. The Kier molecular flexibility index (Phi) is 11.6. The van der Waals surface area contributed by atoms with Crippen molar-refractivity contribution in [3.8, 4) is 0 Å². The molecule has 0 saturated heterocycles. The number of nitrogens with one attached hydrogen (secondary N) is 3. The second-order valence-corrected chi connectivity index (χ2v) is 7.60. The highest BCUT2D eigenvalue weighted by molar-refractivity contribution is 5.94. The smallest absolute Gasteiger partial charge is 0.326 e. The number of aliphatic carboxylic acids is 2. The lowest BCUT2D eigenvalue weighted by Gasteiger charge is -2.25. The molecule has 13 nitrogen and oxygen atoms in total. The van der Waals surface area contributed by atoms with Gasteiger partial charge in [-0.2, -0.15) is 0 Å². The van der Waals surface area contributed by atoms with Crippen molar-refractivity contribution in [2.75, 3.05) is 6.61 Å². The molecule has 13 heteroatoms. The number of rotatable bonds is 14. The van der Waals surface area contributed by atoms with Crippen LogP contribution in [0, 0.1) is 0 Å². The molecule has 0 bridgehead atoms. The van der Waals surface area contributed by atoms with Crippen molar-refractivity contribution in [1.29, 1.82) is 0 Å². The van der Waals surface area contributed by atoms with E-state index in [9.17, 15) is 39.3 Å². The van der Waals surface area contributed by atoms with Crippen LogP contribution in [-0.2, 0) is 30.4 Å². The lowest BCUT2D eigenvalue weighted by molar-refractivity contribution is -0.144. The molecule has 3 amide bonds. The summed E-state index contributed by atoms with van der Waals surface area (Å²) in [6, 6.07) is 3.07. The highest BCUT2D eigenvalue weighted by Crippen LogP contribution is 2.04. The van der Waals surface area contributed by atoms with E-state index in [4.69, 9.17) is 10.8 Å². The van der Waals surface area contributed by atoms with Crippen molar-refractivity contribution in [2.45, 2.75) is 56.5 Å². The Balaban J connectivity index is 2.79. The zero-order valence-electron chi connectivity index (χ0n) is 18.5. The number of carboxylic acids is 2. The maximum absolute atomic E-state index is 12.5. The van der Waals surface area contributed by atoms with Crippen LogP contribution in [0.5, 0.6) is 0 Å². The summed E-state index contributed by atoms with van der Waals surface area (Å²) >= 11 is 0. The SMILES string of the molecule is CC(O)C(NC(=O)C(CO)NC(=O)C(N)Cc1ccccc1)C(=O)NC(CCC(=O)O)C(=O)O. The second-order valence-electron chi connectivity index (χ2n) is 7.60. The minimum absolute atomic E-state index is 0.165. The van der Waals surface area contributed by atoms with Gasteiger partial charge in [-0.3, -0.25) is 19.2 Å². The predicted octanol–water partition coefficient (Wildman–Crippen LogP) is -2.67. The molecule has 1 rings (SSSR count). The lowest BCUT2D eigenvalue weighted by atomic mass is 10.1. The van der Waals surface area contributed by atoms with Gasteiger partial charge in [0.15, 0.2) is 0 Å². The summed E-state index contributed by atoms with van der Waals surface area (Å²) in [6.45, 7) is 0.306. The fourth-order valence-electron chi connectivity index (χ4n) is 2.88. The van der Waals surface area contributed by atoms with Crippen molar-refractivity contribution in [2.24, 2.45) is 5.73 Å². The van der Waals surface area contributed by atoms with Crippen molar-refractivity contribution in [3.63, 3.8) is 0 Å². The van der Waals surface area contributed by atoms with Crippen LogP contribution in [0.4, 0.5) is 0 Å². The van der Waals surface area contributed by atoms with Crippen molar-refractivity contribution in [1.82, 2.24) is 16.0 Å². The van der Waals surface area contributed by atoms with Crippen molar-refractivity contribution in [3.05, 3.63) is 35.9 Å². The van der Waals surface area contributed by atoms with Crippen molar-refractivity contribution < 1.29 is 44.4 Å². The molecule has 0 fully saturated rings. The van der Waals surface area contributed by atoms with Gasteiger partial charge in [0.25, 0.3) is 0 Å². The molecular formula is C21H30N4O9.